The van der Waals surface area contributed by atoms with Crippen LogP contribution in [0.3, 0.4) is 0 Å². The highest BCUT2D eigenvalue weighted by atomic mass is 16.1. The van der Waals surface area contributed by atoms with E-state index in [2.05, 4.69) is 12.3 Å². The van der Waals surface area contributed by atoms with Crippen LogP contribution in [0.1, 0.15) is 68.6 Å². The van der Waals surface area contributed by atoms with Gasteiger partial charge in [-0.25, -0.2) is 0 Å². The maximum atomic E-state index is 12.0. The summed E-state index contributed by atoms with van der Waals surface area (Å²) in [5, 5.41) is 0. The number of nitrogens with one attached hydrogen (secondary N) is 1. The van der Waals surface area contributed by atoms with Gasteiger partial charge in [-0.05, 0) is 18.6 Å². The number of hydrazine groups is 1. The maximum absolute atomic E-state index is 12.0. The van der Waals surface area contributed by atoms with Crippen molar-refractivity contribution in [2.45, 2.75) is 58.3 Å². The van der Waals surface area contributed by atoms with Crippen molar-refractivity contribution in [3.8, 4) is 0 Å². The molecule has 0 atom stereocenters. The fourth-order valence-electron chi connectivity index (χ4n) is 2.17. The highest BCUT2D eigenvalue weighted by molar-refractivity contribution is 5.96. The Bertz CT molecular complexity index is 377. The van der Waals surface area contributed by atoms with Gasteiger partial charge in [0.15, 0.2) is 5.78 Å². The Hall–Kier alpha value is -1.35. The second kappa shape index (κ2) is 9.56. The molecule has 0 unspecified atom stereocenters. The van der Waals surface area contributed by atoms with E-state index in [-0.39, 0.29) is 5.78 Å². The summed E-state index contributed by atoms with van der Waals surface area (Å²) in [6, 6.07) is 7.37. The molecule has 0 radical (unpaired) electrons. The molecular formula is C16H26N2O. The van der Waals surface area contributed by atoms with Crippen LogP contribution < -0.4 is 11.3 Å². The number of ketones is 1. The first-order chi connectivity index (χ1) is 9.27. The van der Waals surface area contributed by atoms with E-state index in [4.69, 9.17) is 5.84 Å². The zero-order chi connectivity index (χ0) is 13.9. The summed E-state index contributed by atoms with van der Waals surface area (Å²) in [5.74, 6) is 5.55. The van der Waals surface area contributed by atoms with Gasteiger partial charge in [0, 0.05) is 17.7 Å². The van der Waals surface area contributed by atoms with Crippen LogP contribution in [0.2, 0.25) is 0 Å². The molecule has 0 fully saturated rings. The van der Waals surface area contributed by atoms with Crippen LogP contribution in [-0.2, 0) is 0 Å². The van der Waals surface area contributed by atoms with Crippen molar-refractivity contribution >= 4 is 11.5 Å². The average molecular weight is 262 g/mol. The van der Waals surface area contributed by atoms with E-state index in [9.17, 15) is 4.79 Å². The van der Waals surface area contributed by atoms with E-state index < -0.39 is 0 Å². The average Bonchev–Trinajstić information content (AvgIpc) is 2.46. The number of carbonyl (C=O) groups excluding carboxylic acids is 1. The summed E-state index contributed by atoms with van der Waals surface area (Å²) in [5.41, 5.74) is 4.10. The topological polar surface area (TPSA) is 55.1 Å². The van der Waals surface area contributed by atoms with Gasteiger partial charge in [0.25, 0.3) is 0 Å². The number of hydrogen-bond donors (Lipinski definition) is 2. The molecule has 0 heterocycles. The Kier molecular flexibility index (Phi) is 7.91. The second-order valence-corrected chi connectivity index (χ2v) is 5.02. The molecule has 0 aliphatic heterocycles. The highest BCUT2D eigenvalue weighted by Gasteiger charge is 2.05. The summed E-state index contributed by atoms with van der Waals surface area (Å²) in [6.07, 6.45) is 9.28. The van der Waals surface area contributed by atoms with Crippen molar-refractivity contribution in [3.05, 3.63) is 29.8 Å². The number of nitrogens with two attached hydrogens (primary N) is 1. The van der Waals surface area contributed by atoms with Crippen molar-refractivity contribution in [2.24, 2.45) is 5.84 Å². The van der Waals surface area contributed by atoms with E-state index in [1.165, 1.54) is 32.1 Å². The van der Waals surface area contributed by atoms with Crippen LogP contribution >= 0.6 is 0 Å². The van der Waals surface area contributed by atoms with Gasteiger partial charge in [0.05, 0.1) is 0 Å². The number of unbranched alkanes of at least 4 members (excludes halogenated alkanes) is 6. The molecule has 0 bridgehead atoms. The van der Waals surface area contributed by atoms with Gasteiger partial charge in [-0.3, -0.25) is 10.6 Å². The predicted molar refractivity (Wildman–Crippen MR) is 81.2 cm³/mol. The number of anilines is 1. The van der Waals surface area contributed by atoms with E-state index in [1.807, 2.05) is 24.3 Å². The lowest BCUT2D eigenvalue weighted by Gasteiger charge is -2.04. The highest BCUT2D eigenvalue weighted by Crippen LogP contribution is 2.14. The van der Waals surface area contributed by atoms with Crippen LogP contribution in [-0.4, -0.2) is 5.78 Å². The van der Waals surface area contributed by atoms with Gasteiger partial charge in [0.1, 0.15) is 0 Å². The normalized spacial score (nSPS) is 10.4. The Morgan fingerprint density at radius 2 is 1.79 bits per heavy atom. The van der Waals surface area contributed by atoms with Crippen molar-refractivity contribution in [2.75, 3.05) is 5.43 Å². The number of nitrogen functional groups attached to an aromatic ring is 1. The molecule has 3 heteroatoms. The maximum Gasteiger partial charge on any atom is 0.162 e. The SMILES string of the molecule is CCCCCCCCCC(=O)c1cccc(NN)c1. The lowest BCUT2D eigenvalue weighted by Crippen LogP contribution is -2.08. The van der Waals surface area contributed by atoms with Crippen LogP contribution in [0.5, 0.6) is 0 Å². The van der Waals surface area contributed by atoms with Gasteiger partial charge in [0.2, 0.25) is 0 Å². The minimum Gasteiger partial charge on any atom is -0.324 e. The van der Waals surface area contributed by atoms with Crippen LogP contribution in [0.25, 0.3) is 0 Å². The minimum atomic E-state index is 0.214. The first-order valence-corrected chi connectivity index (χ1v) is 7.37. The van der Waals surface area contributed by atoms with Gasteiger partial charge in [-0.2, -0.15) is 0 Å². The molecule has 0 aliphatic rings. The molecule has 0 aliphatic carbocycles. The Morgan fingerprint density at radius 1 is 1.11 bits per heavy atom. The molecule has 0 amide bonds. The zero-order valence-corrected chi connectivity index (χ0v) is 12.0. The standard InChI is InChI=1S/C16H26N2O/c1-2-3-4-5-6-7-8-12-16(19)14-10-9-11-15(13-14)18-17/h9-11,13,18H,2-8,12,17H2,1H3. The number of Topliss-reactive ketones (excluding diaryl/α,β-unsaturated/α-hetero) is 1. The fraction of sp³-hybridized carbons (Fsp3) is 0.562. The zero-order valence-electron chi connectivity index (χ0n) is 12.0. The summed E-state index contributed by atoms with van der Waals surface area (Å²) in [4.78, 5) is 12.0. The molecule has 106 valence electrons. The van der Waals surface area contributed by atoms with E-state index in [0.29, 0.717) is 6.42 Å². The molecule has 0 spiro atoms. The third-order valence-electron chi connectivity index (χ3n) is 3.36. The quantitative estimate of drug-likeness (QED) is 0.286. The number of benzene rings is 1. The summed E-state index contributed by atoms with van der Waals surface area (Å²) in [6.45, 7) is 2.23. The third kappa shape index (κ3) is 6.39. The minimum absolute atomic E-state index is 0.214. The van der Waals surface area contributed by atoms with E-state index >= 15 is 0 Å². The van der Waals surface area contributed by atoms with Crippen molar-refractivity contribution in [3.63, 3.8) is 0 Å². The number of rotatable bonds is 10. The first-order valence-electron chi connectivity index (χ1n) is 7.37. The first kappa shape index (κ1) is 15.7. The lowest BCUT2D eigenvalue weighted by molar-refractivity contribution is 0.0979. The summed E-state index contributed by atoms with van der Waals surface area (Å²) < 4.78 is 0. The molecule has 0 aromatic heterocycles. The molecule has 3 N–H and O–H groups in total. The van der Waals surface area contributed by atoms with Crippen molar-refractivity contribution in [1.29, 1.82) is 0 Å². The Morgan fingerprint density at radius 3 is 2.47 bits per heavy atom. The molecule has 0 saturated carbocycles. The third-order valence-corrected chi connectivity index (χ3v) is 3.36. The molecule has 1 rings (SSSR count). The van der Waals surface area contributed by atoms with Crippen LogP contribution in [0.4, 0.5) is 5.69 Å². The molecule has 19 heavy (non-hydrogen) atoms. The Labute approximate surface area is 116 Å². The van der Waals surface area contributed by atoms with Gasteiger partial charge < -0.3 is 5.43 Å². The predicted octanol–water partition coefficient (Wildman–Crippen LogP) is 4.30. The van der Waals surface area contributed by atoms with E-state index in [0.717, 1.165) is 24.1 Å². The van der Waals surface area contributed by atoms with Crippen molar-refractivity contribution < 1.29 is 4.79 Å². The smallest absolute Gasteiger partial charge is 0.162 e. The van der Waals surface area contributed by atoms with Crippen molar-refractivity contribution in [1.82, 2.24) is 0 Å². The molecule has 1 aromatic rings. The van der Waals surface area contributed by atoms with E-state index in [1.54, 1.807) is 0 Å². The van der Waals surface area contributed by atoms with Gasteiger partial charge in [-0.15, -0.1) is 0 Å². The number of carbonyl (C=O) groups is 1. The number of hydrogen-bond acceptors (Lipinski definition) is 3. The summed E-state index contributed by atoms with van der Waals surface area (Å²) >= 11 is 0. The fourth-order valence-corrected chi connectivity index (χ4v) is 2.17. The molecule has 3 nitrogen and oxygen atoms in total. The largest absolute Gasteiger partial charge is 0.324 e. The van der Waals surface area contributed by atoms with Gasteiger partial charge >= 0.3 is 0 Å². The van der Waals surface area contributed by atoms with Crippen LogP contribution in [0, 0.1) is 0 Å². The molecule has 0 saturated heterocycles. The lowest BCUT2D eigenvalue weighted by atomic mass is 10.0. The second-order valence-electron chi connectivity index (χ2n) is 5.02. The summed E-state index contributed by atoms with van der Waals surface area (Å²) in [7, 11) is 0. The Balaban J connectivity index is 2.20. The molecule has 1 aromatic carbocycles. The molecular weight excluding hydrogens is 236 g/mol. The van der Waals surface area contributed by atoms with Crippen LogP contribution in [0.15, 0.2) is 24.3 Å². The van der Waals surface area contributed by atoms with Gasteiger partial charge in [-0.1, -0.05) is 57.6 Å². The monoisotopic (exact) mass is 262 g/mol.